The highest BCUT2D eigenvalue weighted by Gasteiger charge is 2.13. The van der Waals surface area contributed by atoms with Crippen LogP contribution >= 0.6 is 57.7 Å². The average molecular weight is 642 g/mol. The van der Waals surface area contributed by atoms with E-state index in [1.54, 1.807) is 35.6 Å². The summed E-state index contributed by atoms with van der Waals surface area (Å²) in [5, 5.41) is 7.54. The van der Waals surface area contributed by atoms with Gasteiger partial charge in [0.2, 0.25) is 5.91 Å². The molecule has 2 heterocycles. The van der Waals surface area contributed by atoms with E-state index in [-0.39, 0.29) is 11.0 Å². The third-order valence-electron chi connectivity index (χ3n) is 5.15. The molecule has 0 aliphatic carbocycles. The fourth-order valence-electron chi connectivity index (χ4n) is 3.47. The van der Waals surface area contributed by atoms with Crippen molar-refractivity contribution in [2.45, 2.75) is 0 Å². The van der Waals surface area contributed by atoms with Crippen molar-refractivity contribution < 1.29 is 9.21 Å². The number of carbonyl (C=O) groups excluding carboxylic acids is 1. The molecule has 0 aliphatic rings. The first-order valence-corrected chi connectivity index (χ1v) is 13.4. The van der Waals surface area contributed by atoms with Gasteiger partial charge in [0.15, 0.2) is 5.11 Å². The fraction of sp³-hybridized carbons (Fsp3) is 0. The first-order valence-electron chi connectivity index (χ1n) is 10.8. The summed E-state index contributed by atoms with van der Waals surface area (Å²) in [5.41, 5.74) is 3.53. The largest absolute Gasteiger partial charge is 0.457 e. The number of benzene rings is 3. The topological polar surface area (TPSA) is 67.2 Å². The zero-order valence-corrected chi connectivity index (χ0v) is 23.0. The first kappa shape index (κ1) is 24.6. The smallest absolute Gasteiger partial charge is 0.250 e. The molecule has 0 saturated heterocycles. The highest BCUT2D eigenvalue weighted by atomic mass is 127. The number of hydrogen-bond acceptors (Lipinski definition) is 5. The monoisotopic (exact) mass is 641 g/mol. The van der Waals surface area contributed by atoms with Gasteiger partial charge in [-0.3, -0.25) is 10.1 Å². The number of anilines is 1. The van der Waals surface area contributed by atoms with Crippen LogP contribution in [0.1, 0.15) is 5.76 Å². The highest BCUT2D eigenvalue weighted by Crippen LogP contribution is 2.35. The second kappa shape index (κ2) is 10.9. The molecule has 0 fully saturated rings. The summed E-state index contributed by atoms with van der Waals surface area (Å²) < 4.78 is 7.97. The van der Waals surface area contributed by atoms with Crippen LogP contribution in [-0.4, -0.2) is 16.0 Å². The lowest BCUT2D eigenvalue weighted by Gasteiger charge is -2.12. The molecule has 0 atom stereocenters. The maximum atomic E-state index is 12.5. The van der Waals surface area contributed by atoms with E-state index in [2.05, 4.69) is 33.2 Å². The molecular weight excluding hydrogens is 625 g/mol. The summed E-state index contributed by atoms with van der Waals surface area (Å²) in [4.78, 5) is 17.2. The number of nitrogens with zero attached hydrogens (tertiary/aromatic N) is 1. The minimum Gasteiger partial charge on any atom is -0.457 e. The second-order valence-corrected chi connectivity index (χ2v) is 10.8. The van der Waals surface area contributed by atoms with Crippen LogP contribution in [0.25, 0.3) is 38.2 Å². The Bertz CT molecular complexity index is 1580. The molecule has 5 nitrogen and oxygen atoms in total. The van der Waals surface area contributed by atoms with Crippen LogP contribution in [0.15, 0.2) is 89.4 Å². The van der Waals surface area contributed by atoms with Crippen molar-refractivity contribution in [3.05, 3.63) is 99.3 Å². The third-order valence-corrected chi connectivity index (χ3v) is 7.34. The second-order valence-electron chi connectivity index (χ2n) is 7.66. The quantitative estimate of drug-likeness (QED) is 0.116. The Morgan fingerprint density at radius 2 is 1.86 bits per heavy atom. The number of fused-ring (bicyclic) bond motifs is 1. The maximum Gasteiger partial charge on any atom is 0.250 e. The van der Waals surface area contributed by atoms with Crippen molar-refractivity contribution in [2.75, 3.05) is 5.32 Å². The normalized spacial score (nSPS) is 11.2. The van der Waals surface area contributed by atoms with E-state index in [9.17, 15) is 4.79 Å². The maximum absolute atomic E-state index is 12.5. The molecule has 1 amide bonds. The Morgan fingerprint density at radius 3 is 2.67 bits per heavy atom. The zero-order chi connectivity index (χ0) is 25.1. The van der Waals surface area contributed by atoms with Gasteiger partial charge in [-0.25, -0.2) is 4.98 Å². The van der Waals surface area contributed by atoms with Crippen molar-refractivity contribution in [1.82, 2.24) is 10.3 Å². The summed E-state index contributed by atoms with van der Waals surface area (Å²) in [6.07, 6.45) is 2.97. The van der Waals surface area contributed by atoms with Gasteiger partial charge < -0.3 is 9.73 Å². The molecule has 0 unspecified atom stereocenters. The summed E-state index contributed by atoms with van der Waals surface area (Å²) in [6.45, 7) is 0. The molecule has 0 saturated carbocycles. The Kier molecular flexibility index (Phi) is 7.47. The lowest BCUT2D eigenvalue weighted by atomic mass is 10.2. The lowest BCUT2D eigenvalue weighted by molar-refractivity contribution is -0.115. The van der Waals surface area contributed by atoms with E-state index in [0.717, 1.165) is 35.6 Å². The summed E-state index contributed by atoms with van der Waals surface area (Å²) in [6, 6.07) is 24.9. The van der Waals surface area contributed by atoms with E-state index >= 15 is 0 Å². The molecule has 0 bridgehead atoms. The first-order chi connectivity index (χ1) is 17.4. The van der Waals surface area contributed by atoms with E-state index in [0.29, 0.717) is 16.5 Å². The van der Waals surface area contributed by atoms with Crippen LogP contribution in [0.3, 0.4) is 0 Å². The van der Waals surface area contributed by atoms with E-state index < -0.39 is 0 Å². The number of thiazole rings is 1. The number of amides is 1. The predicted octanol–water partition coefficient (Wildman–Crippen LogP) is 8.01. The molecule has 0 aliphatic heterocycles. The van der Waals surface area contributed by atoms with Gasteiger partial charge in [0.25, 0.3) is 0 Å². The van der Waals surface area contributed by atoms with Gasteiger partial charge in [0.1, 0.15) is 16.5 Å². The van der Waals surface area contributed by atoms with E-state index in [1.165, 1.54) is 6.08 Å². The molecule has 178 valence electrons. The molecular formula is C27H17ClIN3O2S2. The van der Waals surface area contributed by atoms with Crippen LogP contribution in [0.4, 0.5) is 5.69 Å². The Labute approximate surface area is 235 Å². The van der Waals surface area contributed by atoms with E-state index in [1.807, 2.05) is 60.7 Å². The van der Waals surface area contributed by atoms with Crippen LogP contribution < -0.4 is 10.6 Å². The van der Waals surface area contributed by atoms with Crippen LogP contribution in [0.5, 0.6) is 0 Å². The van der Waals surface area contributed by atoms with Gasteiger partial charge in [-0.1, -0.05) is 23.7 Å². The van der Waals surface area contributed by atoms with Crippen LogP contribution in [0, 0.1) is 3.57 Å². The van der Waals surface area contributed by atoms with Gasteiger partial charge in [-0.2, -0.15) is 0 Å². The van der Waals surface area contributed by atoms with Crippen molar-refractivity contribution in [3.8, 4) is 21.9 Å². The van der Waals surface area contributed by atoms with Crippen molar-refractivity contribution in [1.29, 1.82) is 0 Å². The minimum atomic E-state index is -0.371. The highest BCUT2D eigenvalue weighted by molar-refractivity contribution is 14.1. The number of carbonyl (C=O) groups is 1. The molecule has 3 aromatic carbocycles. The zero-order valence-electron chi connectivity index (χ0n) is 18.5. The number of halogens is 2. The van der Waals surface area contributed by atoms with Gasteiger partial charge in [0.05, 0.1) is 15.9 Å². The van der Waals surface area contributed by atoms with Crippen molar-refractivity contribution in [2.24, 2.45) is 0 Å². The summed E-state index contributed by atoms with van der Waals surface area (Å²) >= 11 is 15.2. The number of aromatic nitrogens is 1. The van der Waals surface area contributed by atoms with Crippen molar-refractivity contribution in [3.63, 3.8) is 0 Å². The molecule has 2 aromatic heterocycles. The number of hydrogen-bond donors (Lipinski definition) is 2. The summed E-state index contributed by atoms with van der Waals surface area (Å²) in [7, 11) is 0. The van der Waals surface area contributed by atoms with Gasteiger partial charge in [-0.05, 0) is 108 Å². The van der Waals surface area contributed by atoms with Gasteiger partial charge in [0, 0.05) is 25.8 Å². The number of nitrogens with one attached hydrogen (secondary N) is 2. The van der Waals surface area contributed by atoms with Gasteiger partial charge >= 0.3 is 0 Å². The molecule has 9 heteroatoms. The minimum absolute atomic E-state index is 0.189. The van der Waals surface area contributed by atoms with E-state index in [4.69, 9.17) is 33.2 Å². The van der Waals surface area contributed by atoms with Crippen molar-refractivity contribution >= 4 is 90.7 Å². The number of thiocarbonyl (C=S) groups is 1. The fourth-order valence-corrected chi connectivity index (χ4v) is 5.29. The standard InChI is InChI=1S/C27H17ClIN3O2S2/c28-17-7-5-16(6-8-17)23-13-10-19(34-23)11-14-25(33)32-27(35)31-21-12-9-18(29)15-20(21)26-30-22-3-1-2-4-24(22)36-26/h1-15H,(H2,31,32,33,35). The molecule has 2 N–H and O–H groups in total. The Balaban J connectivity index is 1.26. The SMILES string of the molecule is O=C(C=Cc1ccc(-c2ccc(Cl)cc2)o1)NC(=S)Nc1ccc(I)cc1-c1nc2ccccc2s1. The summed E-state index contributed by atoms with van der Waals surface area (Å²) in [5.74, 6) is 0.860. The third kappa shape index (κ3) is 5.84. The Hall–Kier alpha value is -3.05. The number of furan rings is 1. The lowest BCUT2D eigenvalue weighted by Crippen LogP contribution is -2.33. The number of rotatable bonds is 5. The Morgan fingerprint density at radius 1 is 1.06 bits per heavy atom. The van der Waals surface area contributed by atoms with Gasteiger partial charge in [-0.15, -0.1) is 11.3 Å². The molecule has 36 heavy (non-hydrogen) atoms. The number of para-hydroxylation sites is 1. The average Bonchev–Trinajstić information content (AvgIpc) is 3.51. The molecule has 5 aromatic rings. The molecule has 0 radical (unpaired) electrons. The predicted molar refractivity (Wildman–Crippen MR) is 160 cm³/mol. The molecule has 5 rings (SSSR count). The van der Waals surface area contributed by atoms with Crippen LogP contribution in [-0.2, 0) is 4.79 Å². The molecule has 0 spiro atoms. The van der Waals surface area contributed by atoms with Crippen LogP contribution in [0.2, 0.25) is 5.02 Å².